The maximum atomic E-state index is 10.8. The van der Waals surface area contributed by atoms with Gasteiger partial charge in [0.1, 0.15) is 0 Å². The van der Waals surface area contributed by atoms with Gasteiger partial charge >= 0.3 is 0 Å². The fraction of sp³-hybridized carbons (Fsp3) is 0.192. The lowest BCUT2D eigenvalue weighted by atomic mass is 9.87. The van der Waals surface area contributed by atoms with Gasteiger partial charge in [-0.3, -0.25) is 4.79 Å². The van der Waals surface area contributed by atoms with Crippen molar-refractivity contribution in [1.82, 2.24) is 5.32 Å². The normalized spacial score (nSPS) is 14.0. The second-order valence-corrected chi connectivity index (χ2v) is 7.60. The summed E-state index contributed by atoms with van der Waals surface area (Å²) in [5.41, 5.74) is 9.60. The van der Waals surface area contributed by atoms with Crippen LogP contribution in [0.2, 0.25) is 0 Å². The first kappa shape index (κ1) is 18.2. The molecule has 0 aromatic heterocycles. The van der Waals surface area contributed by atoms with E-state index in [0.29, 0.717) is 6.41 Å². The average Bonchev–Trinajstić information content (AvgIpc) is 3.57. The van der Waals surface area contributed by atoms with Crippen LogP contribution in [-0.4, -0.2) is 6.41 Å². The molecule has 0 atom stereocenters. The molecule has 0 radical (unpaired) electrons. The molecule has 3 aromatic carbocycles. The van der Waals surface area contributed by atoms with Gasteiger partial charge < -0.3 is 5.32 Å². The van der Waals surface area contributed by atoms with Gasteiger partial charge in [-0.05, 0) is 71.6 Å². The van der Waals surface area contributed by atoms with E-state index in [1.54, 1.807) is 6.20 Å². The van der Waals surface area contributed by atoms with Crippen molar-refractivity contribution in [2.45, 2.75) is 32.6 Å². The van der Waals surface area contributed by atoms with Crippen LogP contribution >= 0.6 is 0 Å². The third kappa shape index (κ3) is 3.77. The zero-order chi connectivity index (χ0) is 19.5. The van der Waals surface area contributed by atoms with Gasteiger partial charge in [0.25, 0.3) is 0 Å². The molecule has 2 nitrogen and oxygen atoms in total. The molecule has 0 aliphatic heterocycles. The number of carbonyl (C=O) groups excluding carboxylic acids is 1. The fourth-order valence-corrected chi connectivity index (χ4v) is 3.77. The molecule has 1 fully saturated rings. The Bertz CT molecular complexity index is 1010. The Balaban J connectivity index is 1.86. The van der Waals surface area contributed by atoms with E-state index in [2.05, 4.69) is 79.0 Å². The molecule has 1 saturated carbocycles. The number of hydrogen-bond acceptors (Lipinski definition) is 1. The van der Waals surface area contributed by atoms with Crippen LogP contribution in [0.1, 0.15) is 42.4 Å². The molecule has 0 heterocycles. The topological polar surface area (TPSA) is 29.1 Å². The zero-order valence-electron chi connectivity index (χ0n) is 16.4. The summed E-state index contributed by atoms with van der Waals surface area (Å²) in [5.74, 6) is 0.755. The van der Waals surface area contributed by atoms with E-state index in [1.807, 2.05) is 6.92 Å². The van der Waals surface area contributed by atoms with Crippen molar-refractivity contribution in [3.05, 3.63) is 89.6 Å². The molecule has 2 heteroatoms. The SMILES string of the molecule is C/C(=C/NC=O)c1c(-c2ccc(C)cc2)cccc1-c1ccc(C2CC2)cc1. The Labute approximate surface area is 166 Å². The van der Waals surface area contributed by atoms with E-state index >= 15 is 0 Å². The molecule has 28 heavy (non-hydrogen) atoms. The van der Waals surface area contributed by atoms with Crippen molar-refractivity contribution in [3.8, 4) is 22.3 Å². The van der Waals surface area contributed by atoms with Crippen molar-refractivity contribution in [2.24, 2.45) is 0 Å². The molecule has 4 rings (SSSR count). The van der Waals surface area contributed by atoms with Gasteiger partial charge in [-0.25, -0.2) is 0 Å². The average molecular weight is 367 g/mol. The summed E-state index contributed by atoms with van der Waals surface area (Å²) in [6.45, 7) is 4.15. The van der Waals surface area contributed by atoms with Crippen LogP contribution in [0.25, 0.3) is 27.8 Å². The lowest BCUT2D eigenvalue weighted by molar-refractivity contribution is -0.108. The second-order valence-electron chi connectivity index (χ2n) is 7.60. The van der Waals surface area contributed by atoms with E-state index in [4.69, 9.17) is 0 Å². The summed E-state index contributed by atoms with van der Waals surface area (Å²) in [4.78, 5) is 10.8. The molecule has 0 saturated heterocycles. The predicted molar refractivity (Wildman–Crippen MR) is 117 cm³/mol. The molecule has 1 N–H and O–H groups in total. The van der Waals surface area contributed by atoms with Crippen LogP contribution in [-0.2, 0) is 4.79 Å². The Morgan fingerprint density at radius 3 is 2.00 bits per heavy atom. The van der Waals surface area contributed by atoms with Crippen LogP contribution < -0.4 is 5.32 Å². The van der Waals surface area contributed by atoms with E-state index in [1.165, 1.54) is 46.2 Å². The summed E-state index contributed by atoms with van der Waals surface area (Å²) >= 11 is 0. The van der Waals surface area contributed by atoms with Crippen molar-refractivity contribution in [3.63, 3.8) is 0 Å². The Morgan fingerprint density at radius 1 is 0.893 bits per heavy atom. The van der Waals surface area contributed by atoms with Crippen LogP contribution in [0.15, 0.2) is 72.9 Å². The predicted octanol–water partition coefficient (Wildman–Crippen LogP) is 6.31. The smallest absolute Gasteiger partial charge is 0.211 e. The lowest BCUT2D eigenvalue weighted by Crippen LogP contribution is -2.02. The number of rotatable bonds is 6. The minimum absolute atomic E-state index is 0.710. The summed E-state index contributed by atoms with van der Waals surface area (Å²) in [6, 6.07) is 24.0. The quantitative estimate of drug-likeness (QED) is 0.508. The van der Waals surface area contributed by atoms with Gasteiger partial charge in [0.2, 0.25) is 6.41 Å². The van der Waals surface area contributed by atoms with Crippen LogP contribution in [0.5, 0.6) is 0 Å². The summed E-state index contributed by atoms with van der Waals surface area (Å²) in [5, 5.41) is 2.70. The molecule has 0 unspecified atom stereocenters. The highest BCUT2D eigenvalue weighted by atomic mass is 16.1. The number of amides is 1. The summed E-state index contributed by atoms with van der Waals surface area (Å²) < 4.78 is 0. The van der Waals surface area contributed by atoms with Crippen LogP contribution in [0.3, 0.4) is 0 Å². The van der Waals surface area contributed by atoms with Crippen molar-refractivity contribution >= 4 is 12.0 Å². The van der Waals surface area contributed by atoms with Gasteiger partial charge in [0.05, 0.1) is 0 Å². The van der Waals surface area contributed by atoms with E-state index in [-0.39, 0.29) is 0 Å². The molecule has 3 aromatic rings. The molecule has 140 valence electrons. The van der Waals surface area contributed by atoms with Crippen LogP contribution in [0, 0.1) is 6.92 Å². The first-order chi connectivity index (χ1) is 13.7. The van der Waals surface area contributed by atoms with Crippen molar-refractivity contribution in [1.29, 1.82) is 0 Å². The Hall–Kier alpha value is -3.13. The molecule has 1 aliphatic rings. The third-order valence-corrected chi connectivity index (χ3v) is 5.46. The Kier molecular flexibility index (Phi) is 5.12. The van der Waals surface area contributed by atoms with Crippen molar-refractivity contribution < 1.29 is 4.79 Å². The Morgan fingerprint density at radius 2 is 1.46 bits per heavy atom. The maximum absolute atomic E-state index is 10.8. The fourth-order valence-electron chi connectivity index (χ4n) is 3.77. The number of carbonyl (C=O) groups is 1. The lowest BCUT2D eigenvalue weighted by Gasteiger charge is -2.17. The number of hydrogen-bond donors (Lipinski definition) is 1. The van der Waals surface area contributed by atoms with Crippen molar-refractivity contribution in [2.75, 3.05) is 0 Å². The number of benzene rings is 3. The first-order valence-electron chi connectivity index (χ1n) is 9.84. The zero-order valence-corrected chi connectivity index (χ0v) is 16.4. The highest BCUT2D eigenvalue weighted by Crippen LogP contribution is 2.41. The largest absolute Gasteiger partial charge is 0.335 e. The molecule has 1 aliphatic carbocycles. The molecular weight excluding hydrogens is 342 g/mol. The van der Waals surface area contributed by atoms with E-state index in [0.717, 1.165) is 17.1 Å². The molecular formula is C26H25NO. The van der Waals surface area contributed by atoms with Gasteiger partial charge in [-0.15, -0.1) is 0 Å². The number of allylic oxidation sites excluding steroid dienone is 1. The highest BCUT2D eigenvalue weighted by Gasteiger charge is 2.23. The second kappa shape index (κ2) is 7.85. The summed E-state index contributed by atoms with van der Waals surface area (Å²) in [6.07, 6.45) is 5.11. The van der Waals surface area contributed by atoms with Gasteiger partial charge in [0, 0.05) is 6.20 Å². The third-order valence-electron chi connectivity index (χ3n) is 5.46. The summed E-state index contributed by atoms with van der Waals surface area (Å²) in [7, 11) is 0. The molecule has 1 amide bonds. The highest BCUT2D eigenvalue weighted by molar-refractivity contribution is 5.90. The molecule has 0 bridgehead atoms. The minimum Gasteiger partial charge on any atom is -0.335 e. The minimum atomic E-state index is 0.710. The molecule has 0 spiro atoms. The van der Waals surface area contributed by atoms with Gasteiger partial charge in [-0.1, -0.05) is 72.3 Å². The van der Waals surface area contributed by atoms with Gasteiger partial charge in [0.15, 0.2) is 0 Å². The van der Waals surface area contributed by atoms with Crippen LogP contribution in [0.4, 0.5) is 0 Å². The maximum Gasteiger partial charge on any atom is 0.211 e. The number of aryl methyl sites for hydroxylation is 1. The van der Waals surface area contributed by atoms with E-state index < -0.39 is 0 Å². The standard InChI is InChI=1S/C26H25NO/c1-18-6-8-22(9-7-18)24-4-3-5-25(26(24)19(2)16-27-17-28)23-14-12-21(13-15-23)20-10-11-20/h3-9,12-17,20H,10-11H2,1-2H3,(H,27,28)/b19-16-. The first-order valence-corrected chi connectivity index (χ1v) is 9.84. The number of nitrogens with one attached hydrogen (secondary N) is 1. The monoisotopic (exact) mass is 367 g/mol. The van der Waals surface area contributed by atoms with E-state index in [9.17, 15) is 4.79 Å². The van der Waals surface area contributed by atoms with Gasteiger partial charge in [-0.2, -0.15) is 0 Å².